The molecule has 0 bridgehead atoms. The Morgan fingerprint density at radius 1 is 0.556 bits per heavy atom. The molecule has 0 aliphatic heterocycles. The minimum Gasteiger partial charge on any atom is -0.480 e. The van der Waals surface area contributed by atoms with Crippen LogP contribution in [0.1, 0.15) is 174 Å². The van der Waals surface area contributed by atoms with Crippen molar-refractivity contribution in [2.24, 2.45) is 5.73 Å². The Kier molecular flexibility index (Phi) is 38.1. The zero-order valence-corrected chi connectivity index (χ0v) is 34.3. The van der Waals surface area contributed by atoms with Crippen LogP contribution in [0.15, 0.2) is 85.1 Å². The Hall–Kier alpha value is -3.45. The van der Waals surface area contributed by atoms with Crippen LogP contribution in [0.2, 0.25) is 0 Å². The van der Waals surface area contributed by atoms with Gasteiger partial charge in [0.2, 0.25) is 5.91 Å². The number of esters is 1. The number of carbonyl (C=O) groups is 3. The minimum absolute atomic E-state index is 0.0468. The van der Waals surface area contributed by atoms with Gasteiger partial charge in [-0.1, -0.05) is 144 Å². The number of rotatable bonds is 37. The molecule has 0 aromatic carbocycles. The second-order valence-electron chi connectivity index (χ2n) is 14.0. The summed E-state index contributed by atoms with van der Waals surface area (Å²) in [7, 11) is 0. The minimum atomic E-state index is -1.02. The molecular weight excluding hydrogens is 673 g/mol. The molecule has 0 aromatic heterocycles. The lowest BCUT2D eigenvalue weighted by atomic mass is 10.0. The maximum atomic E-state index is 12.7. The predicted octanol–water partition coefficient (Wildman–Crippen LogP) is 12.1. The Morgan fingerprint density at radius 3 is 1.50 bits per heavy atom. The molecule has 7 heteroatoms. The largest absolute Gasteiger partial charge is 0.480 e. The first-order valence-electron chi connectivity index (χ1n) is 21.4. The van der Waals surface area contributed by atoms with E-state index in [2.05, 4.69) is 104 Å². The van der Waals surface area contributed by atoms with E-state index in [9.17, 15) is 19.5 Å². The first kappa shape index (κ1) is 50.5. The molecule has 0 saturated carbocycles. The van der Waals surface area contributed by atoms with E-state index in [0.717, 1.165) is 96.3 Å². The number of aliphatic carboxylic acids is 1. The molecule has 0 spiro atoms. The average molecular weight is 751 g/mol. The summed E-state index contributed by atoms with van der Waals surface area (Å²) in [6.45, 7) is 4.78. The first-order chi connectivity index (χ1) is 26.4. The molecule has 7 nitrogen and oxygen atoms in total. The van der Waals surface area contributed by atoms with Crippen LogP contribution in [-0.4, -0.2) is 41.6 Å². The van der Waals surface area contributed by atoms with Gasteiger partial charge >= 0.3 is 11.9 Å². The lowest BCUT2D eigenvalue weighted by molar-refractivity contribution is -0.150. The van der Waals surface area contributed by atoms with Crippen molar-refractivity contribution in [3.8, 4) is 0 Å². The maximum absolute atomic E-state index is 12.7. The summed E-state index contributed by atoms with van der Waals surface area (Å²) in [6.07, 6.45) is 53.5. The number of hydrogen-bond donors (Lipinski definition) is 3. The lowest BCUT2D eigenvalue weighted by Gasteiger charge is -2.18. The van der Waals surface area contributed by atoms with Crippen molar-refractivity contribution in [2.75, 3.05) is 6.54 Å². The van der Waals surface area contributed by atoms with Gasteiger partial charge in [0.1, 0.15) is 12.1 Å². The number of ether oxygens (including phenoxy) is 1. The zero-order chi connectivity index (χ0) is 39.6. The highest BCUT2D eigenvalue weighted by Gasteiger charge is 2.19. The molecular formula is C47H78N2O5. The second kappa shape index (κ2) is 40.7. The van der Waals surface area contributed by atoms with Gasteiger partial charge in [0, 0.05) is 12.8 Å². The number of hydrogen-bond acceptors (Lipinski definition) is 5. The number of carboxylic acid groups (broad SMARTS) is 1. The third-order valence-electron chi connectivity index (χ3n) is 8.97. The monoisotopic (exact) mass is 751 g/mol. The summed E-state index contributed by atoms with van der Waals surface area (Å²) < 4.78 is 5.95. The van der Waals surface area contributed by atoms with Gasteiger partial charge < -0.3 is 20.9 Å². The van der Waals surface area contributed by atoms with Crippen LogP contribution in [0.5, 0.6) is 0 Å². The number of unbranched alkanes of at least 4 members (excludes halogenated alkanes) is 9. The van der Waals surface area contributed by atoms with Gasteiger partial charge in [0.15, 0.2) is 0 Å². The summed E-state index contributed by atoms with van der Waals surface area (Å²) in [5, 5.41) is 11.9. The molecule has 0 radical (unpaired) electrons. The highest BCUT2D eigenvalue weighted by Crippen LogP contribution is 2.18. The molecule has 2 unspecified atom stereocenters. The molecule has 0 aromatic rings. The van der Waals surface area contributed by atoms with Gasteiger partial charge in [-0.2, -0.15) is 0 Å². The molecule has 1 amide bonds. The topological polar surface area (TPSA) is 119 Å². The van der Waals surface area contributed by atoms with Crippen molar-refractivity contribution in [3.63, 3.8) is 0 Å². The van der Waals surface area contributed by atoms with E-state index in [0.29, 0.717) is 38.6 Å². The maximum Gasteiger partial charge on any atom is 0.326 e. The number of amides is 1. The first-order valence-corrected chi connectivity index (χ1v) is 21.4. The third-order valence-corrected chi connectivity index (χ3v) is 8.97. The molecule has 0 heterocycles. The molecule has 0 aliphatic rings. The van der Waals surface area contributed by atoms with Crippen molar-refractivity contribution < 1.29 is 24.2 Å². The number of nitrogens with one attached hydrogen (secondary N) is 1. The molecule has 0 rings (SSSR count). The van der Waals surface area contributed by atoms with Gasteiger partial charge in [0.05, 0.1) is 0 Å². The van der Waals surface area contributed by atoms with Crippen molar-refractivity contribution in [1.82, 2.24) is 5.32 Å². The fourth-order valence-corrected chi connectivity index (χ4v) is 5.79. The molecule has 0 aliphatic carbocycles. The second-order valence-corrected chi connectivity index (χ2v) is 14.0. The SMILES string of the molecule is CC/C=C\C/C=C\C/C=C\C/C=C\C/C=C\C/C=C\C/C=C\CCCC(=O)OC(CCCCCCCC)CCCCCCC(=O)NC(CCCN)C(=O)O. The molecule has 0 saturated heterocycles. The summed E-state index contributed by atoms with van der Waals surface area (Å²) in [4.78, 5) is 36.3. The van der Waals surface area contributed by atoms with E-state index >= 15 is 0 Å². The fraction of sp³-hybridized carbons (Fsp3) is 0.638. The highest BCUT2D eigenvalue weighted by molar-refractivity contribution is 5.83. The average Bonchev–Trinajstić information content (AvgIpc) is 3.16. The van der Waals surface area contributed by atoms with Gasteiger partial charge in [0.25, 0.3) is 0 Å². The number of nitrogens with two attached hydrogens (primary N) is 1. The lowest BCUT2D eigenvalue weighted by Crippen LogP contribution is -2.40. The quantitative estimate of drug-likeness (QED) is 0.0330. The molecule has 306 valence electrons. The van der Waals surface area contributed by atoms with Crippen molar-refractivity contribution in [2.45, 2.75) is 187 Å². The normalized spacial score (nSPS) is 13.5. The van der Waals surface area contributed by atoms with Crippen LogP contribution < -0.4 is 11.1 Å². The third kappa shape index (κ3) is 36.9. The van der Waals surface area contributed by atoms with E-state index in [1.807, 2.05) is 0 Å². The Balaban J connectivity index is 4.23. The Labute approximate surface area is 330 Å². The summed E-state index contributed by atoms with van der Waals surface area (Å²) in [6, 6.07) is -0.872. The molecule has 4 N–H and O–H groups in total. The van der Waals surface area contributed by atoms with Gasteiger partial charge in [-0.15, -0.1) is 0 Å². The van der Waals surface area contributed by atoms with Crippen LogP contribution in [0.25, 0.3) is 0 Å². The van der Waals surface area contributed by atoms with Crippen LogP contribution in [-0.2, 0) is 19.1 Å². The summed E-state index contributed by atoms with van der Waals surface area (Å²) >= 11 is 0. The van der Waals surface area contributed by atoms with Crippen LogP contribution in [0.3, 0.4) is 0 Å². The fourth-order valence-electron chi connectivity index (χ4n) is 5.79. The predicted molar refractivity (Wildman–Crippen MR) is 229 cm³/mol. The molecule has 54 heavy (non-hydrogen) atoms. The Bertz CT molecular complexity index is 1120. The van der Waals surface area contributed by atoms with Gasteiger partial charge in [-0.05, 0) is 109 Å². The standard InChI is InChI=1S/C47H78N2O5/c1-3-5-7-9-11-12-13-14-15-16-17-18-19-20-21-22-23-24-25-26-27-29-35-41-46(51)54-43(37-32-28-10-8-6-4-2)38-33-30-31-34-40-45(50)49-44(47(52)53)39-36-42-48/h5,7,11-12,14-15,17-18,20-21,23-24,26-27,43-44H,3-4,6,8-10,13,16,19,22,25,28-42,48H2,1-2H3,(H,49,50)(H,52,53)/b7-5-,12-11-,15-14-,18-17-,21-20-,24-23-,27-26-. The number of allylic oxidation sites excluding steroid dienone is 14. The van der Waals surface area contributed by atoms with E-state index in [1.54, 1.807) is 0 Å². The summed E-state index contributed by atoms with van der Waals surface area (Å²) in [5.74, 6) is -1.34. The Morgan fingerprint density at radius 2 is 1.02 bits per heavy atom. The highest BCUT2D eigenvalue weighted by atomic mass is 16.5. The number of carbonyl (C=O) groups excluding carboxylic acids is 2. The van der Waals surface area contributed by atoms with Gasteiger partial charge in [-0.3, -0.25) is 9.59 Å². The van der Waals surface area contributed by atoms with E-state index in [1.165, 1.54) is 32.1 Å². The van der Waals surface area contributed by atoms with Crippen LogP contribution >= 0.6 is 0 Å². The smallest absolute Gasteiger partial charge is 0.326 e. The van der Waals surface area contributed by atoms with Crippen molar-refractivity contribution >= 4 is 17.8 Å². The van der Waals surface area contributed by atoms with Crippen LogP contribution in [0, 0.1) is 0 Å². The summed E-state index contributed by atoms with van der Waals surface area (Å²) in [5.41, 5.74) is 5.48. The van der Waals surface area contributed by atoms with E-state index in [4.69, 9.17) is 10.5 Å². The van der Waals surface area contributed by atoms with E-state index < -0.39 is 12.0 Å². The van der Waals surface area contributed by atoms with Crippen LogP contribution in [0.4, 0.5) is 0 Å². The van der Waals surface area contributed by atoms with Crippen molar-refractivity contribution in [1.29, 1.82) is 0 Å². The zero-order valence-electron chi connectivity index (χ0n) is 34.3. The van der Waals surface area contributed by atoms with E-state index in [-0.39, 0.29) is 18.0 Å². The molecule has 2 atom stereocenters. The van der Waals surface area contributed by atoms with Crippen molar-refractivity contribution in [3.05, 3.63) is 85.1 Å². The molecule has 0 fully saturated rings. The van der Waals surface area contributed by atoms with Gasteiger partial charge in [-0.25, -0.2) is 4.79 Å². The number of carboxylic acids is 1.